The first-order valence-corrected chi connectivity index (χ1v) is 11.6. The van der Waals surface area contributed by atoms with Gasteiger partial charge in [0, 0.05) is 36.4 Å². The van der Waals surface area contributed by atoms with Crippen LogP contribution in [0.1, 0.15) is 31.5 Å². The van der Waals surface area contributed by atoms with Gasteiger partial charge in [0.25, 0.3) is 0 Å². The first-order valence-electron chi connectivity index (χ1n) is 10.8. The van der Waals surface area contributed by atoms with Crippen LogP contribution in [0.25, 0.3) is 37.7 Å². The second kappa shape index (κ2) is 7.93. The number of benzene rings is 1. The van der Waals surface area contributed by atoms with Gasteiger partial charge in [-0.15, -0.1) is 11.3 Å². The molecule has 3 aromatic heterocycles. The number of thiazole rings is 1. The van der Waals surface area contributed by atoms with E-state index in [2.05, 4.69) is 71.7 Å². The van der Waals surface area contributed by atoms with Gasteiger partial charge in [-0.1, -0.05) is 44.7 Å². The fraction of sp³-hybridized carbons (Fsp3) is 0.320. The smallest absolute Gasteiger partial charge is 0.143 e. The van der Waals surface area contributed by atoms with Crippen molar-refractivity contribution in [1.82, 2.24) is 25.1 Å². The molecule has 1 saturated heterocycles. The minimum Gasteiger partial charge on any atom is -0.370 e. The molecule has 5 rings (SSSR count). The molecule has 0 saturated carbocycles. The van der Waals surface area contributed by atoms with E-state index >= 15 is 0 Å². The SMILES string of the molecule is C=C(c1nc(-c2[nH]nc3c(C)cccc23)sc1-c1cccnc1)N1CC(C)CC(C)C1. The Bertz CT molecular complexity index is 1230. The van der Waals surface area contributed by atoms with E-state index in [0.717, 1.165) is 62.1 Å². The maximum atomic E-state index is 5.11. The summed E-state index contributed by atoms with van der Waals surface area (Å²) in [5, 5.41) is 9.82. The molecule has 1 N–H and O–H groups in total. The number of para-hydroxylation sites is 1. The molecular formula is C25H27N5S. The van der Waals surface area contributed by atoms with Crippen LogP contribution in [-0.4, -0.2) is 38.2 Å². The first kappa shape index (κ1) is 19.9. The molecule has 0 amide bonds. The van der Waals surface area contributed by atoms with Crippen LogP contribution in [0.2, 0.25) is 0 Å². The zero-order valence-corrected chi connectivity index (χ0v) is 19.0. The van der Waals surface area contributed by atoms with Crippen LogP contribution in [0.3, 0.4) is 0 Å². The maximum absolute atomic E-state index is 5.11. The van der Waals surface area contributed by atoms with Gasteiger partial charge < -0.3 is 4.90 Å². The molecule has 1 aromatic carbocycles. The molecule has 1 aliphatic rings. The number of hydrogen-bond acceptors (Lipinski definition) is 5. The van der Waals surface area contributed by atoms with Gasteiger partial charge >= 0.3 is 0 Å². The molecule has 4 heterocycles. The highest BCUT2D eigenvalue weighted by Crippen LogP contribution is 2.41. The van der Waals surface area contributed by atoms with Crippen molar-refractivity contribution < 1.29 is 0 Å². The predicted octanol–water partition coefficient (Wildman–Crippen LogP) is 6.01. The van der Waals surface area contributed by atoms with Crippen molar-refractivity contribution >= 4 is 27.9 Å². The van der Waals surface area contributed by atoms with Crippen molar-refractivity contribution in [3.05, 3.63) is 60.6 Å². The second-order valence-corrected chi connectivity index (χ2v) is 9.80. The van der Waals surface area contributed by atoms with Crippen molar-refractivity contribution in [3.63, 3.8) is 0 Å². The monoisotopic (exact) mass is 429 g/mol. The number of aryl methyl sites for hydroxylation is 1. The van der Waals surface area contributed by atoms with Crippen molar-refractivity contribution in [3.8, 4) is 21.1 Å². The molecule has 1 fully saturated rings. The Morgan fingerprint density at radius 2 is 1.97 bits per heavy atom. The van der Waals surface area contributed by atoms with Crippen molar-refractivity contribution in [2.75, 3.05) is 13.1 Å². The number of aromatic amines is 1. The molecule has 2 atom stereocenters. The topological polar surface area (TPSA) is 57.7 Å². The molecule has 1 aliphatic heterocycles. The zero-order chi connectivity index (χ0) is 21.5. The van der Waals surface area contributed by atoms with Gasteiger partial charge in [-0.25, -0.2) is 4.98 Å². The standard InChI is InChI=1S/C25H27N5S/c1-15-11-16(2)14-30(13-15)18(4)22-24(19-8-6-10-26-12-19)31-25(27-22)23-20-9-5-7-17(3)21(20)28-29-23/h5-10,12,15-16H,4,11,13-14H2,1-3H3,(H,28,29). The number of piperidine rings is 1. The first-order chi connectivity index (χ1) is 15.0. The minimum absolute atomic E-state index is 0.653. The summed E-state index contributed by atoms with van der Waals surface area (Å²) in [6.45, 7) is 13.3. The van der Waals surface area contributed by atoms with Crippen molar-refractivity contribution in [1.29, 1.82) is 0 Å². The number of rotatable bonds is 4. The van der Waals surface area contributed by atoms with Crippen molar-refractivity contribution in [2.45, 2.75) is 27.2 Å². The van der Waals surface area contributed by atoms with E-state index in [1.54, 1.807) is 17.5 Å². The average Bonchev–Trinajstić information content (AvgIpc) is 3.38. The van der Waals surface area contributed by atoms with Gasteiger partial charge in [-0.3, -0.25) is 10.1 Å². The summed E-state index contributed by atoms with van der Waals surface area (Å²) in [6.07, 6.45) is 4.98. The normalized spacial score (nSPS) is 19.1. The van der Waals surface area contributed by atoms with E-state index in [1.165, 1.54) is 6.42 Å². The molecule has 0 bridgehead atoms. The lowest BCUT2D eigenvalue weighted by Crippen LogP contribution is -2.37. The fourth-order valence-corrected chi connectivity index (χ4v) is 5.78. The lowest BCUT2D eigenvalue weighted by molar-refractivity contribution is 0.203. The number of pyridine rings is 1. The molecule has 5 nitrogen and oxygen atoms in total. The quantitative estimate of drug-likeness (QED) is 0.432. The van der Waals surface area contributed by atoms with Gasteiger partial charge in [0.2, 0.25) is 0 Å². The summed E-state index contributed by atoms with van der Waals surface area (Å²) in [7, 11) is 0. The number of aromatic nitrogens is 4. The summed E-state index contributed by atoms with van der Waals surface area (Å²) in [5.41, 5.74) is 6.14. The molecule has 31 heavy (non-hydrogen) atoms. The zero-order valence-electron chi connectivity index (χ0n) is 18.2. The van der Waals surface area contributed by atoms with Crippen LogP contribution in [0.4, 0.5) is 0 Å². The third-order valence-electron chi connectivity index (χ3n) is 6.08. The van der Waals surface area contributed by atoms with Crippen LogP contribution in [0, 0.1) is 18.8 Å². The Morgan fingerprint density at radius 1 is 1.16 bits per heavy atom. The molecule has 6 heteroatoms. The number of fused-ring (bicyclic) bond motifs is 1. The van der Waals surface area contributed by atoms with Crippen LogP contribution in [0.15, 0.2) is 49.3 Å². The van der Waals surface area contributed by atoms with Gasteiger partial charge in [0.05, 0.1) is 16.1 Å². The Morgan fingerprint density at radius 3 is 2.71 bits per heavy atom. The highest BCUT2D eigenvalue weighted by molar-refractivity contribution is 7.18. The lowest BCUT2D eigenvalue weighted by atomic mass is 9.91. The summed E-state index contributed by atoms with van der Waals surface area (Å²) < 4.78 is 0. The lowest BCUT2D eigenvalue weighted by Gasteiger charge is -2.37. The minimum atomic E-state index is 0.653. The predicted molar refractivity (Wildman–Crippen MR) is 129 cm³/mol. The van der Waals surface area contributed by atoms with Crippen molar-refractivity contribution in [2.24, 2.45) is 11.8 Å². The molecule has 2 unspecified atom stereocenters. The van der Waals surface area contributed by atoms with E-state index in [9.17, 15) is 0 Å². The molecule has 4 aromatic rings. The number of hydrogen-bond donors (Lipinski definition) is 1. The van der Waals surface area contributed by atoms with E-state index < -0.39 is 0 Å². The van der Waals surface area contributed by atoms with E-state index in [0.29, 0.717) is 11.8 Å². The number of nitrogens with zero attached hydrogens (tertiary/aromatic N) is 4. The van der Waals surface area contributed by atoms with Gasteiger partial charge in [-0.2, -0.15) is 5.10 Å². The third-order valence-corrected chi connectivity index (χ3v) is 7.20. The fourth-order valence-electron chi connectivity index (χ4n) is 4.69. The molecule has 0 aliphatic carbocycles. The van der Waals surface area contributed by atoms with E-state index in [4.69, 9.17) is 4.98 Å². The summed E-state index contributed by atoms with van der Waals surface area (Å²) >= 11 is 1.68. The van der Waals surface area contributed by atoms with Crippen LogP contribution < -0.4 is 0 Å². The third kappa shape index (κ3) is 3.65. The Kier molecular flexibility index (Phi) is 5.10. The van der Waals surface area contributed by atoms with Crippen LogP contribution in [-0.2, 0) is 0 Å². The Hall–Kier alpha value is -2.99. The van der Waals surface area contributed by atoms with Gasteiger partial charge in [0.1, 0.15) is 16.4 Å². The Labute approximate surface area is 186 Å². The average molecular weight is 430 g/mol. The summed E-state index contributed by atoms with van der Waals surface area (Å²) in [5.74, 6) is 1.31. The molecule has 0 spiro atoms. The highest BCUT2D eigenvalue weighted by atomic mass is 32.1. The molecular weight excluding hydrogens is 402 g/mol. The Balaban J connectivity index is 1.62. The van der Waals surface area contributed by atoms with Crippen LogP contribution in [0.5, 0.6) is 0 Å². The molecule has 0 radical (unpaired) electrons. The van der Waals surface area contributed by atoms with Crippen LogP contribution >= 0.6 is 11.3 Å². The van der Waals surface area contributed by atoms with Gasteiger partial charge in [-0.05, 0) is 36.8 Å². The number of likely N-dealkylation sites (tertiary alicyclic amines) is 1. The number of nitrogens with one attached hydrogen (secondary N) is 1. The maximum Gasteiger partial charge on any atom is 0.143 e. The van der Waals surface area contributed by atoms with E-state index in [-0.39, 0.29) is 0 Å². The largest absolute Gasteiger partial charge is 0.370 e. The summed E-state index contributed by atoms with van der Waals surface area (Å²) in [6, 6.07) is 10.3. The van der Waals surface area contributed by atoms with E-state index in [1.807, 2.05) is 12.3 Å². The van der Waals surface area contributed by atoms with Gasteiger partial charge in [0.15, 0.2) is 0 Å². The highest BCUT2D eigenvalue weighted by Gasteiger charge is 2.27. The molecule has 158 valence electrons. The second-order valence-electron chi connectivity index (χ2n) is 8.81. The summed E-state index contributed by atoms with van der Waals surface area (Å²) in [4.78, 5) is 13.0. The number of H-pyrrole nitrogens is 1.